The van der Waals surface area contributed by atoms with E-state index in [0.29, 0.717) is 17.1 Å². The van der Waals surface area contributed by atoms with E-state index >= 15 is 0 Å². The Morgan fingerprint density at radius 1 is 1.09 bits per heavy atom. The van der Waals surface area contributed by atoms with Gasteiger partial charge in [-0.05, 0) is 44.0 Å². The van der Waals surface area contributed by atoms with Gasteiger partial charge in [-0.15, -0.1) is 0 Å². The van der Waals surface area contributed by atoms with Crippen molar-refractivity contribution in [1.82, 2.24) is 9.80 Å². The average Bonchev–Trinajstić information content (AvgIpc) is 2.54. The van der Waals surface area contributed by atoms with E-state index in [4.69, 9.17) is 16.3 Å². The van der Waals surface area contributed by atoms with Gasteiger partial charge in [-0.1, -0.05) is 17.7 Å². The highest BCUT2D eigenvalue weighted by molar-refractivity contribution is 6.31. The second-order valence-electron chi connectivity index (χ2n) is 6.33. The summed E-state index contributed by atoms with van der Waals surface area (Å²) in [6.07, 6.45) is 2.37. The van der Waals surface area contributed by atoms with E-state index in [1.54, 1.807) is 12.1 Å². The quantitative estimate of drug-likeness (QED) is 0.846. The zero-order valence-electron chi connectivity index (χ0n) is 12.9. The third kappa shape index (κ3) is 4.19. The highest BCUT2D eigenvalue weighted by Gasteiger charge is 2.23. The van der Waals surface area contributed by atoms with Crippen LogP contribution in [-0.4, -0.2) is 55.7 Å². The van der Waals surface area contributed by atoms with Gasteiger partial charge in [0.15, 0.2) is 0 Å². The molecule has 22 heavy (non-hydrogen) atoms. The molecule has 1 aromatic carbocycles. The lowest BCUT2D eigenvalue weighted by molar-refractivity contribution is 0.0242. The van der Waals surface area contributed by atoms with E-state index in [1.165, 1.54) is 25.5 Å². The minimum Gasteiger partial charge on any atom is -0.379 e. The summed E-state index contributed by atoms with van der Waals surface area (Å²) in [7, 11) is 0. The maximum atomic E-state index is 13.9. The Balaban J connectivity index is 1.47. The number of nitrogens with zero attached hydrogens (tertiary/aromatic N) is 2. The number of rotatable bonds is 4. The molecule has 5 heteroatoms. The van der Waals surface area contributed by atoms with Crippen LogP contribution in [0.25, 0.3) is 0 Å². The molecule has 2 heterocycles. The van der Waals surface area contributed by atoms with E-state index in [-0.39, 0.29) is 5.82 Å². The zero-order valence-corrected chi connectivity index (χ0v) is 13.7. The summed E-state index contributed by atoms with van der Waals surface area (Å²) < 4.78 is 19.3. The fourth-order valence-electron chi connectivity index (χ4n) is 3.38. The molecule has 0 radical (unpaired) electrons. The molecule has 2 saturated heterocycles. The summed E-state index contributed by atoms with van der Waals surface area (Å²) in [6, 6.07) is 4.92. The van der Waals surface area contributed by atoms with Gasteiger partial charge in [0.25, 0.3) is 0 Å². The number of likely N-dealkylation sites (tertiary alicyclic amines) is 1. The van der Waals surface area contributed by atoms with Gasteiger partial charge < -0.3 is 4.74 Å². The first-order valence-electron chi connectivity index (χ1n) is 8.17. The van der Waals surface area contributed by atoms with Gasteiger partial charge in [0, 0.05) is 36.8 Å². The molecule has 0 atom stereocenters. The number of halogens is 2. The third-order valence-electron chi connectivity index (χ3n) is 4.77. The molecule has 122 valence electrons. The van der Waals surface area contributed by atoms with Crippen LogP contribution in [0.5, 0.6) is 0 Å². The summed E-state index contributed by atoms with van der Waals surface area (Å²) >= 11 is 6.12. The molecule has 0 amide bonds. The Morgan fingerprint density at radius 3 is 2.50 bits per heavy atom. The van der Waals surface area contributed by atoms with Crippen LogP contribution < -0.4 is 0 Å². The van der Waals surface area contributed by atoms with E-state index < -0.39 is 0 Å². The van der Waals surface area contributed by atoms with Crippen molar-refractivity contribution in [1.29, 1.82) is 0 Å². The smallest absolute Gasteiger partial charge is 0.129 e. The monoisotopic (exact) mass is 326 g/mol. The summed E-state index contributed by atoms with van der Waals surface area (Å²) in [6.45, 7) is 7.71. The summed E-state index contributed by atoms with van der Waals surface area (Å²) in [5.41, 5.74) is 0.635. The van der Waals surface area contributed by atoms with Gasteiger partial charge in [-0.25, -0.2) is 4.39 Å². The predicted molar refractivity (Wildman–Crippen MR) is 86.7 cm³/mol. The van der Waals surface area contributed by atoms with Crippen LogP contribution >= 0.6 is 11.6 Å². The Hall–Kier alpha value is -0.680. The molecule has 0 bridgehead atoms. The van der Waals surface area contributed by atoms with Gasteiger partial charge in [0.2, 0.25) is 0 Å². The Kier molecular flexibility index (Phi) is 5.69. The molecule has 0 aromatic heterocycles. The molecule has 2 fully saturated rings. The fourth-order valence-corrected chi connectivity index (χ4v) is 3.61. The second kappa shape index (κ2) is 7.73. The number of hydrogen-bond acceptors (Lipinski definition) is 3. The molecule has 0 unspecified atom stereocenters. The first-order chi connectivity index (χ1) is 10.7. The van der Waals surface area contributed by atoms with Crippen LogP contribution in [0, 0.1) is 11.7 Å². The van der Waals surface area contributed by atoms with Crippen molar-refractivity contribution in [3.8, 4) is 0 Å². The molecule has 2 aliphatic rings. The lowest BCUT2D eigenvalue weighted by Crippen LogP contribution is -2.42. The van der Waals surface area contributed by atoms with Crippen LogP contribution in [0.1, 0.15) is 18.4 Å². The van der Waals surface area contributed by atoms with Gasteiger partial charge in [-0.3, -0.25) is 9.80 Å². The Bertz CT molecular complexity index is 465. The largest absolute Gasteiger partial charge is 0.379 e. The molecule has 3 nitrogen and oxygen atoms in total. The molecular weight excluding hydrogens is 303 g/mol. The maximum Gasteiger partial charge on any atom is 0.129 e. The molecule has 1 aromatic rings. The molecule has 0 saturated carbocycles. The SMILES string of the molecule is Fc1cccc(Cl)c1CN1CCC(CN2CCOCC2)CC1. The normalized spacial score (nSPS) is 22.1. The summed E-state index contributed by atoms with van der Waals surface area (Å²) in [5.74, 6) is 0.563. The van der Waals surface area contributed by atoms with Crippen molar-refractivity contribution in [2.45, 2.75) is 19.4 Å². The molecule has 0 spiro atoms. The molecule has 0 aliphatic carbocycles. The van der Waals surface area contributed by atoms with E-state index in [0.717, 1.165) is 45.3 Å². The Labute approximate surface area is 137 Å². The van der Waals surface area contributed by atoms with Gasteiger partial charge in [0.05, 0.1) is 13.2 Å². The summed E-state index contributed by atoms with van der Waals surface area (Å²) in [5, 5.41) is 0.537. The Morgan fingerprint density at radius 2 is 1.82 bits per heavy atom. The number of hydrogen-bond donors (Lipinski definition) is 0. The second-order valence-corrected chi connectivity index (χ2v) is 6.74. The number of benzene rings is 1. The number of piperidine rings is 1. The maximum absolute atomic E-state index is 13.9. The minimum atomic E-state index is -0.192. The lowest BCUT2D eigenvalue weighted by Gasteiger charge is -2.36. The molecule has 3 rings (SSSR count). The van der Waals surface area contributed by atoms with Crippen molar-refractivity contribution >= 4 is 11.6 Å². The average molecular weight is 327 g/mol. The van der Waals surface area contributed by atoms with Crippen LogP contribution in [-0.2, 0) is 11.3 Å². The zero-order chi connectivity index (χ0) is 15.4. The fraction of sp³-hybridized carbons (Fsp3) is 0.647. The molecular formula is C17H24ClFN2O. The van der Waals surface area contributed by atoms with E-state index in [1.807, 2.05) is 0 Å². The van der Waals surface area contributed by atoms with Crippen molar-refractivity contribution in [3.05, 3.63) is 34.6 Å². The van der Waals surface area contributed by atoms with Crippen molar-refractivity contribution in [2.75, 3.05) is 45.9 Å². The van der Waals surface area contributed by atoms with Gasteiger partial charge in [0.1, 0.15) is 5.82 Å². The van der Waals surface area contributed by atoms with Crippen molar-refractivity contribution in [3.63, 3.8) is 0 Å². The predicted octanol–water partition coefficient (Wildman–Crippen LogP) is 3.02. The van der Waals surface area contributed by atoms with Gasteiger partial charge in [-0.2, -0.15) is 0 Å². The van der Waals surface area contributed by atoms with Crippen LogP contribution in [0.2, 0.25) is 5.02 Å². The first-order valence-corrected chi connectivity index (χ1v) is 8.55. The van der Waals surface area contributed by atoms with Gasteiger partial charge >= 0.3 is 0 Å². The van der Waals surface area contributed by atoms with Crippen LogP contribution in [0.3, 0.4) is 0 Å². The topological polar surface area (TPSA) is 15.7 Å². The highest BCUT2D eigenvalue weighted by Crippen LogP contribution is 2.24. The lowest BCUT2D eigenvalue weighted by atomic mass is 9.95. The highest BCUT2D eigenvalue weighted by atomic mass is 35.5. The van der Waals surface area contributed by atoms with E-state index in [2.05, 4.69) is 9.80 Å². The van der Waals surface area contributed by atoms with Crippen LogP contribution in [0.4, 0.5) is 4.39 Å². The minimum absolute atomic E-state index is 0.192. The first kappa shape index (κ1) is 16.2. The van der Waals surface area contributed by atoms with Crippen LogP contribution in [0.15, 0.2) is 18.2 Å². The standard InChI is InChI=1S/C17H24ClFN2O/c18-16-2-1-3-17(19)15(16)13-20-6-4-14(5-7-20)12-21-8-10-22-11-9-21/h1-3,14H,4-13H2. The van der Waals surface area contributed by atoms with Crippen molar-refractivity contribution < 1.29 is 9.13 Å². The van der Waals surface area contributed by atoms with E-state index in [9.17, 15) is 4.39 Å². The van der Waals surface area contributed by atoms with Crippen molar-refractivity contribution in [2.24, 2.45) is 5.92 Å². The third-order valence-corrected chi connectivity index (χ3v) is 5.12. The number of morpholine rings is 1. The summed E-state index contributed by atoms with van der Waals surface area (Å²) in [4.78, 5) is 4.83. The number of ether oxygens (including phenoxy) is 1. The molecule has 0 N–H and O–H groups in total. The molecule has 2 aliphatic heterocycles.